The van der Waals surface area contributed by atoms with E-state index in [1.807, 2.05) is 22.9 Å². The second kappa shape index (κ2) is 6.86. The maximum absolute atomic E-state index is 6.24. The Balaban J connectivity index is 2.19. The van der Waals surface area contributed by atoms with Gasteiger partial charge in [-0.3, -0.25) is 0 Å². The van der Waals surface area contributed by atoms with Crippen molar-refractivity contribution >= 4 is 11.4 Å². The summed E-state index contributed by atoms with van der Waals surface area (Å²) >= 11 is 0. The van der Waals surface area contributed by atoms with Crippen molar-refractivity contribution in [2.45, 2.75) is 65.2 Å². The average molecular weight is 352 g/mol. The first-order chi connectivity index (χ1) is 12.3. The number of hydrogen-bond acceptors (Lipinski definition) is 2. The van der Waals surface area contributed by atoms with Gasteiger partial charge in [-0.15, -0.1) is 0 Å². The van der Waals surface area contributed by atoms with Gasteiger partial charge in [0, 0.05) is 22.8 Å². The minimum Gasteiger partial charge on any atom is -0.431 e. The third-order valence-electron chi connectivity index (χ3n) is 5.96. The van der Waals surface area contributed by atoms with E-state index in [1.165, 1.54) is 11.1 Å². The first-order valence-electron chi connectivity index (χ1n) is 9.64. The number of azo groups is 2. The summed E-state index contributed by atoms with van der Waals surface area (Å²) in [5, 5.41) is 4.94. The Labute approximate surface area is 157 Å². The summed E-state index contributed by atoms with van der Waals surface area (Å²) in [6, 6.07) is 14.8. The van der Waals surface area contributed by atoms with Gasteiger partial charge in [0.25, 0.3) is 0 Å². The van der Waals surface area contributed by atoms with Crippen LogP contribution in [0.1, 0.15) is 65.5 Å². The molecule has 26 heavy (non-hydrogen) atoms. The van der Waals surface area contributed by atoms with Crippen LogP contribution in [0.4, 0.5) is 11.4 Å². The van der Waals surface area contributed by atoms with Crippen LogP contribution in [-0.2, 0) is 10.8 Å². The van der Waals surface area contributed by atoms with E-state index < -0.39 is 0 Å². The molecule has 3 nitrogen and oxygen atoms in total. The number of benzene rings is 2. The van der Waals surface area contributed by atoms with E-state index in [0.29, 0.717) is 6.73 Å². The minimum atomic E-state index is 0.0500. The van der Waals surface area contributed by atoms with Crippen LogP contribution >= 0.6 is 0 Å². The van der Waals surface area contributed by atoms with Crippen LogP contribution in [0.2, 0.25) is 0 Å². The molecule has 2 aromatic rings. The molecule has 0 saturated heterocycles. The highest BCUT2D eigenvalue weighted by molar-refractivity contribution is 5.61. The van der Waals surface area contributed by atoms with Crippen LogP contribution in [0.25, 0.3) is 0 Å². The molecule has 0 unspecified atom stereocenters. The lowest BCUT2D eigenvalue weighted by Crippen LogP contribution is -2.24. The second-order valence-corrected chi connectivity index (χ2v) is 8.46. The lowest BCUT2D eigenvalue weighted by Gasteiger charge is -2.31. The van der Waals surface area contributed by atoms with E-state index in [-0.39, 0.29) is 10.8 Å². The highest BCUT2D eigenvalue weighted by Crippen LogP contribution is 2.45. The molecule has 1 aliphatic rings. The number of rotatable bonds is 5. The van der Waals surface area contributed by atoms with Crippen molar-refractivity contribution in [2.24, 2.45) is 5.11 Å². The van der Waals surface area contributed by atoms with Crippen LogP contribution in [0.5, 0.6) is 5.75 Å². The minimum absolute atomic E-state index is 0.0500. The number of para-hydroxylation sites is 1. The van der Waals surface area contributed by atoms with Gasteiger partial charge in [-0.2, -0.15) is 0 Å². The Hall–Kier alpha value is -2.16. The van der Waals surface area contributed by atoms with Crippen molar-refractivity contribution in [3.63, 3.8) is 0 Å². The van der Waals surface area contributed by atoms with E-state index >= 15 is 0 Å². The Bertz CT molecular complexity index is 820. The van der Waals surface area contributed by atoms with Crippen LogP contribution < -0.4 is 4.74 Å². The third kappa shape index (κ3) is 3.40. The molecule has 0 spiro atoms. The molecular formula is C23H31N2O+. The SMILES string of the molecule is CCC(C)(C)c1cc2c(c(C(C)(C)CC)c1)OC[N+](c1ccccc1)=N2. The maximum atomic E-state index is 6.24. The summed E-state index contributed by atoms with van der Waals surface area (Å²) in [4.78, 5) is 0. The van der Waals surface area contributed by atoms with E-state index in [9.17, 15) is 0 Å². The highest BCUT2D eigenvalue weighted by Gasteiger charge is 2.32. The van der Waals surface area contributed by atoms with Gasteiger partial charge in [0.05, 0.1) is 0 Å². The molecule has 1 heterocycles. The summed E-state index contributed by atoms with van der Waals surface area (Å²) in [6.45, 7) is 14.1. The van der Waals surface area contributed by atoms with Gasteiger partial charge in [-0.05, 0) is 40.0 Å². The van der Waals surface area contributed by atoms with Gasteiger partial charge in [-0.25, -0.2) is 0 Å². The van der Waals surface area contributed by atoms with Gasteiger partial charge in [0.2, 0.25) is 5.69 Å². The van der Waals surface area contributed by atoms with E-state index in [1.54, 1.807) is 0 Å². The standard InChI is InChI=1S/C23H31N2O/c1-7-22(3,4)17-14-19(23(5,6)8-2)21-20(15-17)24-25(16-26-21)18-12-10-9-11-13-18/h9-15H,7-8,16H2,1-6H3/q+1. The fraction of sp³-hybridized carbons (Fsp3) is 0.478. The Kier molecular flexibility index (Phi) is 4.92. The van der Waals surface area contributed by atoms with Gasteiger partial charge < -0.3 is 4.74 Å². The number of nitrogens with zero attached hydrogens (tertiary/aromatic N) is 2. The van der Waals surface area contributed by atoms with Crippen molar-refractivity contribution in [2.75, 3.05) is 6.73 Å². The van der Waals surface area contributed by atoms with E-state index in [0.717, 1.165) is 30.0 Å². The van der Waals surface area contributed by atoms with Gasteiger partial charge in [-0.1, -0.05) is 65.8 Å². The van der Waals surface area contributed by atoms with Crippen molar-refractivity contribution in [3.05, 3.63) is 53.6 Å². The first-order valence-corrected chi connectivity index (χ1v) is 9.64. The maximum Gasteiger partial charge on any atom is 0.317 e. The number of hydrogen-bond donors (Lipinski definition) is 0. The highest BCUT2D eigenvalue weighted by atomic mass is 16.5. The van der Waals surface area contributed by atoms with Crippen molar-refractivity contribution in [1.29, 1.82) is 0 Å². The molecule has 138 valence electrons. The second-order valence-electron chi connectivity index (χ2n) is 8.46. The molecule has 0 atom stereocenters. The van der Waals surface area contributed by atoms with Gasteiger partial charge >= 0.3 is 6.73 Å². The molecular weight excluding hydrogens is 320 g/mol. The fourth-order valence-corrected chi connectivity index (χ4v) is 3.14. The molecule has 0 aliphatic carbocycles. The lowest BCUT2D eigenvalue weighted by atomic mass is 9.76. The third-order valence-corrected chi connectivity index (χ3v) is 5.96. The molecule has 0 fully saturated rings. The summed E-state index contributed by atoms with van der Waals surface area (Å²) in [7, 11) is 0. The molecule has 0 radical (unpaired) electrons. The molecule has 2 aromatic carbocycles. The summed E-state index contributed by atoms with van der Waals surface area (Å²) in [5.41, 5.74) is 4.75. The average Bonchev–Trinajstić information content (AvgIpc) is 2.67. The fourth-order valence-electron chi connectivity index (χ4n) is 3.14. The number of fused-ring (bicyclic) bond motifs is 1. The van der Waals surface area contributed by atoms with E-state index in [4.69, 9.17) is 9.85 Å². The van der Waals surface area contributed by atoms with Crippen LogP contribution in [0.3, 0.4) is 0 Å². The molecule has 3 rings (SSSR count). The van der Waals surface area contributed by atoms with Gasteiger partial charge in [0.15, 0.2) is 11.4 Å². The molecule has 0 N–H and O–H groups in total. The molecule has 0 saturated carbocycles. The summed E-state index contributed by atoms with van der Waals surface area (Å²) < 4.78 is 8.18. The quantitative estimate of drug-likeness (QED) is 0.541. The Morgan fingerprint density at radius 2 is 1.62 bits per heavy atom. The van der Waals surface area contributed by atoms with Crippen LogP contribution in [0.15, 0.2) is 47.6 Å². The predicted octanol–water partition coefficient (Wildman–Crippen LogP) is 6.84. The monoisotopic (exact) mass is 351 g/mol. The zero-order valence-corrected chi connectivity index (χ0v) is 17.0. The van der Waals surface area contributed by atoms with E-state index in [2.05, 4.69) is 65.8 Å². The van der Waals surface area contributed by atoms with Crippen molar-refractivity contribution in [1.82, 2.24) is 0 Å². The molecule has 3 heteroatoms. The summed E-state index contributed by atoms with van der Waals surface area (Å²) in [5.74, 6) is 0.944. The first kappa shape index (κ1) is 18.6. The van der Waals surface area contributed by atoms with Crippen LogP contribution in [-0.4, -0.2) is 11.4 Å². The lowest BCUT2D eigenvalue weighted by molar-refractivity contribution is -0.544. The number of ether oxygens (including phenoxy) is 1. The zero-order chi connectivity index (χ0) is 18.9. The molecule has 0 aromatic heterocycles. The Morgan fingerprint density at radius 3 is 2.23 bits per heavy atom. The predicted molar refractivity (Wildman–Crippen MR) is 107 cm³/mol. The van der Waals surface area contributed by atoms with Crippen molar-refractivity contribution in [3.8, 4) is 5.75 Å². The zero-order valence-electron chi connectivity index (χ0n) is 17.0. The molecule has 1 aliphatic heterocycles. The van der Waals surface area contributed by atoms with Crippen molar-refractivity contribution < 1.29 is 9.43 Å². The topological polar surface area (TPSA) is 24.6 Å². The van der Waals surface area contributed by atoms with Crippen LogP contribution in [0, 0.1) is 0 Å². The summed E-state index contributed by atoms with van der Waals surface area (Å²) in [6.07, 6.45) is 2.14. The van der Waals surface area contributed by atoms with Gasteiger partial charge in [0.1, 0.15) is 0 Å². The smallest absolute Gasteiger partial charge is 0.317 e. The Morgan fingerprint density at radius 1 is 0.962 bits per heavy atom. The molecule has 0 bridgehead atoms. The largest absolute Gasteiger partial charge is 0.431 e. The molecule has 0 amide bonds. The normalized spacial score (nSPS) is 14.5.